The van der Waals surface area contributed by atoms with E-state index in [2.05, 4.69) is 15.2 Å². The van der Waals surface area contributed by atoms with Gasteiger partial charge in [-0.3, -0.25) is 4.68 Å². The van der Waals surface area contributed by atoms with Crippen LogP contribution in [-0.4, -0.2) is 29.4 Å². The molecule has 0 atom stereocenters. The van der Waals surface area contributed by atoms with Crippen molar-refractivity contribution in [2.75, 3.05) is 13.7 Å². The monoisotopic (exact) mass is 273 g/mol. The number of nitrogens with one attached hydrogen (secondary N) is 1. The normalized spacial score (nSPS) is 10.5. The van der Waals surface area contributed by atoms with Crippen LogP contribution in [0, 0.1) is 6.92 Å². The van der Waals surface area contributed by atoms with Crippen LogP contribution in [0.2, 0.25) is 0 Å². The Hall–Kier alpha value is -2.14. The Morgan fingerprint density at radius 2 is 2.10 bits per heavy atom. The van der Waals surface area contributed by atoms with Gasteiger partial charge < -0.3 is 10.1 Å². The largest absolute Gasteiger partial charge is 0.465 e. The van der Waals surface area contributed by atoms with Crippen molar-refractivity contribution in [1.29, 1.82) is 0 Å². The minimum Gasteiger partial charge on any atom is -0.465 e. The molecule has 1 aromatic heterocycles. The van der Waals surface area contributed by atoms with E-state index in [4.69, 9.17) is 0 Å². The lowest BCUT2D eigenvalue weighted by molar-refractivity contribution is 0.0600. The van der Waals surface area contributed by atoms with Gasteiger partial charge in [-0.05, 0) is 30.2 Å². The molecule has 1 heterocycles. The summed E-state index contributed by atoms with van der Waals surface area (Å²) in [6, 6.07) is 7.41. The first-order valence-electron chi connectivity index (χ1n) is 6.56. The zero-order valence-corrected chi connectivity index (χ0v) is 11.8. The molecule has 0 saturated heterocycles. The second-order valence-corrected chi connectivity index (χ2v) is 4.65. The van der Waals surface area contributed by atoms with Crippen LogP contribution in [0.4, 0.5) is 0 Å². The molecule has 5 nitrogen and oxygen atoms in total. The van der Waals surface area contributed by atoms with Crippen molar-refractivity contribution in [2.24, 2.45) is 0 Å². The summed E-state index contributed by atoms with van der Waals surface area (Å²) < 4.78 is 6.58. The molecule has 0 fully saturated rings. The van der Waals surface area contributed by atoms with Crippen LogP contribution in [0.3, 0.4) is 0 Å². The van der Waals surface area contributed by atoms with Gasteiger partial charge in [0.25, 0.3) is 0 Å². The van der Waals surface area contributed by atoms with Crippen LogP contribution in [0.15, 0.2) is 36.7 Å². The van der Waals surface area contributed by atoms with Crippen LogP contribution in [0.5, 0.6) is 0 Å². The molecule has 2 aromatic rings. The summed E-state index contributed by atoms with van der Waals surface area (Å²) in [5, 5.41) is 7.57. The van der Waals surface area contributed by atoms with Crippen LogP contribution in [0.25, 0.3) is 0 Å². The lowest BCUT2D eigenvalue weighted by Crippen LogP contribution is -2.19. The van der Waals surface area contributed by atoms with Crippen LogP contribution in [0.1, 0.15) is 21.5 Å². The van der Waals surface area contributed by atoms with Gasteiger partial charge >= 0.3 is 5.97 Å². The fourth-order valence-corrected chi connectivity index (χ4v) is 1.89. The van der Waals surface area contributed by atoms with E-state index >= 15 is 0 Å². The molecule has 1 aromatic carbocycles. The summed E-state index contributed by atoms with van der Waals surface area (Å²) in [7, 11) is 1.38. The molecule has 0 bridgehead atoms. The van der Waals surface area contributed by atoms with Crippen LogP contribution >= 0.6 is 0 Å². The standard InChI is InChI=1S/C15H19N3O2/c1-12-9-17-18(11-12)8-7-16-10-13-3-5-14(6-4-13)15(19)20-2/h3-6,9,11,16H,7-8,10H2,1-2H3. The number of ether oxygens (including phenoxy) is 1. The molecule has 0 spiro atoms. The second-order valence-electron chi connectivity index (χ2n) is 4.65. The average molecular weight is 273 g/mol. The lowest BCUT2D eigenvalue weighted by Gasteiger charge is -2.06. The maximum atomic E-state index is 11.3. The van der Waals surface area contributed by atoms with E-state index < -0.39 is 0 Å². The van der Waals surface area contributed by atoms with Crippen LogP contribution < -0.4 is 5.32 Å². The van der Waals surface area contributed by atoms with Crippen LogP contribution in [-0.2, 0) is 17.8 Å². The summed E-state index contributed by atoms with van der Waals surface area (Å²) in [5.41, 5.74) is 2.88. The van der Waals surface area contributed by atoms with Crippen molar-refractivity contribution in [3.63, 3.8) is 0 Å². The Bertz CT molecular complexity index is 561. The maximum Gasteiger partial charge on any atom is 0.337 e. The van der Waals surface area contributed by atoms with Gasteiger partial charge in [0, 0.05) is 19.3 Å². The molecule has 106 valence electrons. The number of methoxy groups -OCH3 is 1. The molecule has 0 aliphatic rings. The predicted octanol–water partition coefficient (Wildman–Crippen LogP) is 1.77. The molecule has 0 unspecified atom stereocenters. The number of carbonyl (C=O) groups is 1. The van der Waals surface area contributed by atoms with E-state index in [1.165, 1.54) is 12.7 Å². The third-order valence-electron chi connectivity index (χ3n) is 2.98. The smallest absolute Gasteiger partial charge is 0.337 e. The molecule has 5 heteroatoms. The fraction of sp³-hybridized carbons (Fsp3) is 0.333. The topological polar surface area (TPSA) is 56.1 Å². The highest BCUT2D eigenvalue weighted by Crippen LogP contribution is 2.05. The number of rotatable bonds is 6. The van der Waals surface area contributed by atoms with Gasteiger partial charge in [-0.2, -0.15) is 5.10 Å². The zero-order valence-electron chi connectivity index (χ0n) is 11.8. The molecule has 20 heavy (non-hydrogen) atoms. The first-order chi connectivity index (χ1) is 9.69. The molecule has 0 aliphatic carbocycles. The highest BCUT2D eigenvalue weighted by molar-refractivity contribution is 5.89. The Kier molecular flexibility index (Phi) is 4.90. The SMILES string of the molecule is COC(=O)c1ccc(CNCCn2cc(C)cn2)cc1. The Morgan fingerprint density at radius 3 is 2.70 bits per heavy atom. The van der Waals surface area contributed by atoms with E-state index in [0.29, 0.717) is 5.56 Å². The van der Waals surface area contributed by atoms with E-state index in [1.807, 2.05) is 36.1 Å². The van der Waals surface area contributed by atoms with Gasteiger partial charge in [-0.25, -0.2) is 4.79 Å². The summed E-state index contributed by atoms with van der Waals surface area (Å²) in [6.45, 7) is 4.48. The number of hydrogen-bond donors (Lipinski definition) is 1. The minimum atomic E-state index is -0.307. The average Bonchev–Trinajstić information content (AvgIpc) is 2.89. The van der Waals surface area contributed by atoms with E-state index in [0.717, 1.165) is 25.2 Å². The number of hydrogen-bond acceptors (Lipinski definition) is 4. The fourth-order valence-electron chi connectivity index (χ4n) is 1.89. The number of nitrogens with zero attached hydrogens (tertiary/aromatic N) is 2. The van der Waals surface area contributed by atoms with Gasteiger partial charge in [0.05, 0.1) is 25.4 Å². The Balaban J connectivity index is 1.75. The van der Waals surface area contributed by atoms with Crippen molar-refractivity contribution in [1.82, 2.24) is 15.1 Å². The summed E-state index contributed by atoms with van der Waals surface area (Å²) in [5.74, 6) is -0.307. The predicted molar refractivity (Wildman–Crippen MR) is 76.5 cm³/mol. The molecule has 2 rings (SSSR count). The quantitative estimate of drug-likeness (QED) is 0.644. The molecule has 0 saturated carbocycles. The number of aryl methyl sites for hydroxylation is 1. The van der Waals surface area contributed by atoms with Gasteiger partial charge in [0.15, 0.2) is 0 Å². The zero-order chi connectivity index (χ0) is 14.4. The first kappa shape index (κ1) is 14.3. The first-order valence-corrected chi connectivity index (χ1v) is 6.56. The van der Waals surface area contributed by atoms with Crippen molar-refractivity contribution < 1.29 is 9.53 Å². The van der Waals surface area contributed by atoms with Gasteiger partial charge in [0.1, 0.15) is 0 Å². The van der Waals surface area contributed by atoms with Gasteiger partial charge in [-0.15, -0.1) is 0 Å². The van der Waals surface area contributed by atoms with Gasteiger partial charge in [0.2, 0.25) is 0 Å². The summed E-state index contributed by atoms with van der Waals surface area (Å²) in [6.07, 6.45) is 3.87. The number of esters is 1. The van der Waals surface area contributed by atoms with Gasteiger partial charge in [-0.1, -0.05) is 12.1 Å². The lowest BCUT2D eigenvalue weighted by atomic mass is 10.1. The molecular weight excluding hydrogens is 254 g/mol. The number of aromatic nitrogens is 2. The van der Waals surface area contributed by atoms with Crippen molar-refractivity contribution in [3.8, 4) is 0 Å². The second kappa shape index (κ2) is 6.86. The molecule has 0 radical (unpaired) electrons. The highest BCUT2D eigenvalue weighted by atomic mass is 16.5. The molecular formula is C15H19N3O2. The molecule has 0 aliphatic heterocycles. The van der Waals surface area contributed by atoms with E-state index in [1.54, 1.807) is 12.1 Å². The third kappa shape index (κ3) is 3.93. The number of carbonyl (C=O) groups excluding carboxylic acids is 1. The van der Waals surface area contributed by atoms with Crippen molar-refractivity contribution in [3.05, 3.63) is 53.3 Å². The number of benzene rings is 1. The van der Waals surface area contributed by atoms with Crippen molar-refractivity contribution in [2.45, 2.75) is 20.0 Å². The summed E-state index contributed by atoms with van der Waals surface area (Å²) in [4.78, 5) is 11.3. The maximum absolute atomic E-state index is 11.3. The highest BCUT2D eigenvalue weighted by Gasteiger charge is 2.03. The Morgan fingerprint density at radius 1 is 1.35 bits per heavy atom. The molecule has 0 amide bonds. The van der Waals surface area contributed by atoms with E-state index in [9.17, 15) is 4.79 Å². The van der Waals surface area contributed by atoms with E-state index in [-0.39, 0.29) is 5.97 Å². The summed E-state index contributed by atoms with van der Waals surface area (Å²) >= 11 is 0. The van der Waals surface area contributed by atoms with Crippen molar-refractivity contribution >= 4 is 5.97 Å². The Labute approximate surface area is 118 Å². The minimum absolute atomic E-state index is 0.307. The third-order valence-corrected chi connectivity index (χ3v) is 2.98. The molecule has 1 N–H and O–H groups in total.